The lowest BCUT2D eigenvalue weighted by Crippen LogP contribution is -2.22. The molecule has 1 aliphatic heterocycles. The molecule has 13 heavy (non-hydrogen) atoms. The standard InChI is InChI=1S/C11H22BrSi/c1-10(2)3-6-13-7-4-11(9-12)5-8-13/h10-11H,3-9H2,1-2H3. The van der Waals surface area contributed by atoms with Crippen molar-refractivity contribution in [1.29, 1.82) is 0 Å². The Morgan fingerprint density at radius 2 is 1.92 bits per heavy atom. The second-order valence-electron chi connectivity index (χ2n) is 4.78. The first-order chi connectivity index (χ1) is 6.22. The molecule has 0 aromatic rings. The highest BCUT2D eigenvalue weighted by atomic mass is 79.9. The Morgan fingerprint density at radius 3 is 2.38 bits per heavy atom. The highest BCUT2D eigenvalue weighted by Crippen LogP contribution is 2.29. The van der Waals surface area contributed by atoms with Crippen LogP contribution in [0.1, 0.15) is 33.1 Å². The molecule has 0 amide bonds. The minimum absolute atomic E-state index is 0.0935. The molecule has 0 aromatic carbocycles. The zero-order valence-corrected chi connectivity index (χ0v) is 11.6. The van der Waals surface area contributed by atoms with Crippen molar-refractivity contribution in [3.05, 3.63) is 0 Å². The van der Waals surface area contributed by atoms with E-state index in [1.807, 2.05) is 0 Å². The summed E-state index contributed by atoms with van der Waals surface area (Å²) < 4.78 is 0. The molecule has 2 heteroatoms. The third-order valence-electron chi connectivity index (χ3n) is 3.11. The molecular weight excluding hydrogens is 240 g/mol. The SMILES string of the molecule is CC(C)CC[Si]1CCC(CBr)CC1. The van der Waals surface area contributed by atoms with E-state index in [0.29, 0.717) is 0 Å². The molecule has 0 unspecified atom stereocenters. The van der Waals surface area contributed by atoms with Crippen LogP contribution < -0.4 is 0 Å². The number of alkyl halides is 1. The van der Waals surface area contributed by atoms with E-state index in [0.717, 1.165) is 11.8 Å². The van der Waals surface area contributed by atoms with E-state index in [-0.39, 0.29) is 8.80 Å². The van der Waals surface area contributed by atoms with Crippen molar-refractivity contribution in [2.24, 2.45) is 11.8 Å². The quantitative estimate of drug-likeness (QED) is 0.522. The van der Waals surface area contributed by atoms with Gasteiger partial charge in [0, 0.05) is 14.1 Å². The Kier molecular flexibility index (Phi) is 5.64. The van der Waals surface area contributed by atoms with E-state index in [2.05, 4.69) is 29.8 Å². The lowest BCUT2D eigenvalue weighted by atomic mass is 10.1. The molecule has 1 fully saturated rings. The maximum atomic E-state index is 3.60. The molecule has 1 radical (unpaired) electrons. The van der Waals surface area contributed by atoms with Gasteiger partial charge < -0.3 is 0 Å². The molecule has 0 N–H and O–H groups in total. The van der Waals surface area contributed by atoms with Crippen LogP contribution in [0.2, 0.25) is 18.1 Å². The van der Waals surface area contributed by atoms with Gasteiger partial charge in [-0.1, -0.05) is 67.2 Å². The van der Waals surface area contributed by atoms with Crippen LogP contribution in [0.4, 0.5) is 0 Å². The molecule has 0 nitrogen and oxygen atoms in total. The number of hydrogen-bond acceptors (Lipinski definition) is 0. The van der Waals surface area contributed by atoms with Crippen molar-refractivity contribution in [3.8, 4) is 0 Å². The van der Waals surface area contributed by atoms with Crippen LogP contribution in [0, 0.1) is 11.8 Å². The fourth-order valence-corrected chi connectivity index (χ4v) is 6.00. The Bertz CT molecular complexity index is 128. The molecule has 1 aliphatic rings. The molecule has 0 bridgehead atoms. The van der Waals surface area contributed by atoms with Gasteiger partial charge in [0.25, 0.3) is 0 Å². The van der Waals surface area contributed by atoms with E-state index >= 15 is 0 Å². The highest BCUT2D eigenvalue weighted by Gasteiger charge is 2.21. The van der Waals surface area contributed by atoms with Gasteiger partial charge in [-0.2, -0.15) is 0 Å². The van der Waals surface area contributed by atoms with E-state index < -0.39 is 0 Å². The maximum Gasteiger partial charge on any atom is 0.0479 e. The molecule has 0 atom stereocenters. The summed E-state index contributed by atoms with van der Waals surface area (Å²) in [7, 11) is 0.0935. The van der Waals surface area contributed by atoms with Gasteiger partial charge in [0.2, 0.25) is 0 Å². The minimum atomic E-state index is 0.0935. The van der Waals surface area contributed by atoms with Gasteiger partial charge in [0.15, 0.2) is 0 Å². The van der Waals surface area contributed by atoms with E-state index in [1.165, 1.54) is 24.6 Å². The summed E-state index contributed by atoms with van der Waals surface area (Å²) in [6, 6.07) is 4.76. The zero-order valence-electron chi connectivity index (χ0n) is 8.98. The fraction of sp³-hybridized carbons (Fsp3) is 1.00. The first kappa shape index (κ1) is 11.8. The summed E-state index contributed by atoms with van der Waals surface area (Å²) in [5.74, 6) is 1.93. The van der Waals surface area contributed by atoms with E-state index in [4.69, 9.17) is 0 Å². The predicted octanol–water partition coefficient (Wildman–Crippen LogP) is 4.33. The summed E-state index contributed by atoms with van der Waals surface area (Å²) in [6.45, 7) is 4.71. The molecule has 77 valence electrons. The Balaban J connectivity index is 2.10. The molecule has 0 spiro atoms. The largest absolute Gasteiger partial charge is 0.0925 e. The van der Waals surface area contributed by atoms with Crippen molar-refractivity contribution < 1.29 is 0 Å². The second-order valence-corrected chi connectivity index (χ2v) is 8.43. The van der Waals surface area contributed by atoms with Crippen molar-refractivity contribution >= 4 is 24.7 Å². The monoisotopic (exact) mass is 261 g/mol. The van der Waals surface area contributed by atoms with Crippen molar-refractivity contribution in [2.45, 2.75) is 51.2 Å². The number of halogens is 1. The van der Waals surface area contributed by atoms with Gasteiger partial charge >= 0.3 is 0 Å². The van der Waals surface area contributed by atoms with Gasteiger partial charge in [0.05, 0.1) is 0 Å². The molecule has 1 saturated heterocycles. The highest BCUT2D eigenvalue weighted by molar-refractivity contribution is 9.09. The normalized spacial score (nSPS) is 21.2. The smallest absolute Gasteiger partial charge is 0.0479 e. The van der Waals surface area contributed by atoms with Crippen LogP contribution in [0.5, 0.6) is 0 Å². The molecule has 0 aliphatic carbocycles. The minimum Gasteiger partial charge on any atom is -0.0925 e. The zero-order chi connectivity index (χ0) is 9.68. The van der Waals surface area contributed by atoms with Crippen LogP contribution in [0.25, 0.3) is 0 Å². The van der Waals surface area contributed by atoms with Crippen LogP contribution in [0.3, 0.4) is 0 Å². The van der Waals surface area contributed by atoms with Crippen molar-refractivity contribution in [3.63, 3.8) is 0 Å². The van der Waals surface area contributed by atoms with Crippen LogP contribution >= 0.6 is 15.9 Å². The summed E-state index contributed by atoms with van der Waals surface area (Å²) in [5.41, 5.74) is 0. The van der Waals surface area contributed by atoms with Crippen LogP contribution in [-0.2, 0) is 0 Å². The lowest BCUT2D eigenvalue weighted by molar-refractivity contribution is 0.524. The summed E-state index contributed by atoms with van der Waals surface area (Å²) in [5, 5.41) is 1.24. The van der Waals surface area contributed by atoms with E-state index in [9.17, 15) is 0 Å². The third-order valence-corrected chi connectivity index (χ3v) is 7.01. The van der Waals surface area contributed by atoms with Gasteiger partial charge in [0.1, 0.15) is 0 Å². The summed E-state index contributed by atoms with van der Waals surface area (Å²) >= 11 is 3.60. The molecule has 0 aromatic heterocycles. The third kappa shape index (κ3) is 4.64. The Labute approximate surface area is 93.2 Å². The van der Waals surface area contributed by atoms with Crippen LogP contribution in [0.15, 0.2) is 0 Å². The first-order valence-electron chi connectivity index (χ1n) is 5.62. The van der Waals surface area contributed by atoms with Crippen molar-refractivity contribution in [1.82, 2.24) is 0 Å². The molecule has 0 saturated carbocycles. The first-order valence-corrected chi connectivity index (χ1v) is 8.86. The topological polar surface area (TPSA) is 0 Å². The maximum absolute atomic E-state index is 3.60. The van der Waals surface area contributed by atoms with Gasteiger partial charge in [-0.05, 0) is 11.8 Å². The average Bonchev–Trinajstić information content (AvgIpc) is 2.15. The Morgan fingerprint density at radius 1 is 1.31 bits per heavy atom. The molecule has 1 heterocycles. The number of rotatable bonds is 4. The van der Waals surface area contributed by atoms with Crippen molar-refractivity contribution in [2.75, 3.05) is 5.33 Å². The molecule has 1 rings (SSSR count). The van der Waals surface area contributed by atoms with Gasteiger partial charge in [-0.15, -0.1) is 0 Å². The van der Waals surface area contributed by atoms with Crippen LogP contribution in [-0.4, -0.2) is 14.1 Å². The van der Waals surface area contributed by atoms with E-state index in [1.54, 1.807) is 18.1 Å². The molecular formula is C11H22BrSi. The van der Waals surface area contributed by atoms with Gasteiger partial charge in [-0.3, -0.25) is 0 Å². The lowest BCUT2D eigenvalue weighted by Gasteiger charge is -2.26. The summed E-state index contributed by atoms with van der Waals surface area (Å²) in [6.07, 6.45) is 4.50. The number of hydrogen-bond donors (Lipinski definition) is 0. The summed E-state index contributed by atoms with van der Waals surface area (Å²) in [4.78, 5) is 0. The van der Waals surface area contributed by atoms with Gasteiger partial charge in [-0.25, -0.2) is 0 Å². The Hall–Kier alpha value is 0.697. The second kappa shape index (κ2) is 6.23. The fourth-order valence-electron chi connectivity index (χ4n) is 1.98. The average molecular weight is 262 g/mol. The predicted molar refractivity (Wildman–Crippen MR) is 66.1 cm³/mol.